The fourth-order valence-electron chi connectivity index (χ4n) is 5.56. The average molecular weight is 578 g/mol. The Hall–Kier alpha value is -3.28. The van der Waals surface area contributed by atoms with Crippen LogP contribution in [0.5, 0.6) is 0 Å². The van der Waals surface area contributed by atoms with Crippen LogP contribution in [0.4, 0.5) is 4.39 Å². The lowest BCUT2D eigenvalue weighted by Gasteiger charge is -2.48. The minimum absolute atomic E-state index is 0.126. The first kappa shape index (κ1) is 34.9. The smallest absolute Gasteiger partial charge is 0.251 e. The minimum atomic E-state index is -0.708. The molecule has 5 nitrogen and oxygen atoms in total. The Bertz CT molecular complexity index is 1190. The first-order chi connectivity index (χ1) is 19.8. The van der Waals surface area contributed by atoms with E-state index in [1.807, 2.05) is 37.8 Å². The van der Waals surface area contributed by atoms with Crippen LogP contribution in [0.2, 0.25) is 0 Å². The van der Waals surface area contributed by atoms with Crippen molar-refractivity contribution in [2.24, 2.45) is 16.3 Å². The van der Waals surface area contributed by atoms with E-state index in [2.05, 4.69) is 46.5 Å². The summed E-state index contributed by atoms with van der Waals surface area (Å²) in [6, 6.07) is 13.5. The lowest BCUT2D eigenvalue weighted by molar-refractivity contribution is -0.129. The monoisotopic (exact) mass is 577 g/mol. The minimum Gasteiger partial charge on any atom is -0.352 e. The number of aliphatic imine (C=N–C) groups is 1. The van der Waals surface area contributed by atoms with E-state index < -0.39 is 5.66 Å². The molecular weight excluding hydrogens is 525 g/mol. The zero-order valence-corrected chi connectivity index (χ0v) is 27.1. The van der Waals surface area contributed by atoms with Crippen LogP contribution >= 0.6 is 0 Å². The SMILES string of the molecule is C=C(C)CCNC(=O)c1ccc(C(C)N(C=O)C2(/N=C(\C)c3ccc(F)cc3)CCC(C(C)(C)C)CC2)cc1.CCC. The second-order valence-corrected chi connectivity index (χ2v) is 12.8. The van der Waals surface area contributed by atoms with Gasteiger partial charge < -0.3 is 10.2 Å². The van der Waals surface area contributed by atoms with Crippen LogP contribution in [0.3, 0.4) is 0 Å². The van der Waals surface area contributed by atoms with Crippen molar-refractivity contribution in [1.29, 1.82) is 0 Å². The summed E-state index contributed by atoms with van der Waals surface area (Å²) in [5.41, 5.74) is 3.64. The lowest BCUT2D eigenvalue weighted by atomic mass is 9.69. The molecule has 230 valence electrons. The predicted octanol–water partition coefficient (Wildman–Crippen LogP) is 8.90. The van der Waals surface area contributed by atoms with Gasteiger partial charge in [0.05, 0.1) is 6.04 Å². The normalized spacial score (nSPS) is 19.6. The average Bonchev–Trinajstić information content (AvgIpc) is 2.93. The highest BCUT2D eigenvalue weighted by Gasteiger charge is 2.44. The van der Waals surface area contributed by atoms with Crippen molar-refractivity contribution in [3.05, 3.63) is 83.2 Å². The van der Waals surface area contributed by atoms with Crippen LogP contribution in [0.15, 0.2) is 65.7 Å². The van der Waals surface area contributed by atoms with E-state index >= 15 is 0 Å². The number of hydrogen-bond donors (Lipinski definition) is 1. The van der Waals surface area contributed by atoms with E-state index in [0.717, 1.165) is 60.9 Å². The molecule has 6 heteroatoms. The lowest BCUT2D eigenvalue weighted by Crippen LogP contribution is -2.51. The van der Waals surface area contributed by atoms with E-state index in [1.54, 1.807) is 24.3 Å². The molecule has 1 aliphatic rings. The van der Waals surface area contributed by atoms with Crippen LogP contribution in [0, 0.1) is 17.2 Å². The summed E-state index contributed by atoms with van der Waals surface area (Å²) in [5, 5.41) is 2.92. The molecule has 1 saturated carbocycles. The summed E-state index contributed by atoms with van der Waals surface area (Å²) in [5.74, 6) is 0.126. The fourth-order valence-corrected chi connectivity index (χ4v) is 5.56. The zero-order valence-electron chi connectivity index (χ0n) is 27.1. The molecule has 1 aliphatic carbocycles. The van der Waals surface area contributed by atoms with Crippen molar-refractivity contribution in [3.63, 3.8) is 0 Å². The summed E-state index contributed by atoms with van der Waals surface area (Å²) in [6.45, 7) is 21.4. The van der Waals surface area contributed by atoms with E-state index in [0.29, 0.717) is 18.0 Å². The van der Waals surface area contributed by atoms with Crippen LogP contribution in [-0.4, -0.2) is 35.1 Å². The van der Waals surface area contributed by atoms with Crippen LogP contribution in [-0.2, 0) is 4.79 Å². The molecule has 1 unspecified atom stereocenters. The topological polar surface area (TPSA) is 61.8 Å². The van der Waals surface area contributed by atoms with Gasteiger partial charge in [0.25, 0.3) is 5.91 Å². The molecule has 0 saturated heterocycles. The first-order valence-corrected chi connectivity index (χ1v) is 15.4. The summed E-state index contributed by atoms with van der Waals surface area (Å²) in [4.78, 5) is 32.3. The van der Waals surface area contributed by atoms with Crippen molar-refractivity contribution in [2.75, 3.05) is 6.54 Å². The largest absolute Gasteiger partial charge is 0.352 e. The Morgan fingerprint density at radius 1 is 1.07 bits per heavy atom. The van der Waals surface area contributed by atoms with Gasteiger partial charge >= 0.3 is 0 Å². The molecule has 42 heavy (non-hydrogen) atoms. The second kappa shape index (κ2) is 15.8. The summed E-state index contributed by atoms with van der Waals surface area (Å²) < 4.78 is 13.6. The maximum absolute atomic E-state index is 13.6. The van der Waals surface area contributed by atoms with Gasteiger partial charge in [0.15, 0.2) is 0 Å². The molecule has 0 aromatic heterocycles. The third-order valence-corrected chi connectivity index (χ3v) is 8.15. The molecule has 2 aromatic carbocycles. The molecule has 0 heterocycles. The van der Waals surface area contributed by atoms with E-state index in [-0.39, 0.29) is 23.2 Å². The molecule has 1 N–H and O–H groups in total. The van der Waals surface area contributed by atoms with Gasteiger partial charge in [0.1, 0.15) is 11.5 Å². The highest BCUT2D eigenvalue weighted by Crippen LogP contribution is 2.46. The molecule has 3 rings (SSSR count). The standard InChI is InChI=1S/C33H44FN3O2.C3H8/c1-23(2)18-21-35-31(39)28-10-8-27(9-11-28)25(4)37(22-38)33(19-16-29(17-20-33)32(5,6)7)36-24(3)26-12-14-30(34)15-13-26;1-3-2/h8-15,22,25,29H,1,16-21H2,2-7H3,(H,35,39);3H2,1-2H3/b36-24+;. The third kappa shape index (κ3) is 9.64. The van der Waals surface area contributed by atoms with Gasteiger partial charge in [-0.3, -0.25) is 14.6 Å². The Morgan fingerprint density at radius 3 is 2.07 bits per heavy atom. The zero-order chi connectivity index (χ0) is 31.5. The van der Waals surface area contributed by atoms with Gasteiger partial charge in [-0.2, -0.15) is 0 Å². The third-order valence-electron chi connectivity index (χ3n) is 8.15. The second-order valence-electron chi connectivity index (χ2n) is 12.8. The Morgan fingerprint density at radius 2 is 1.60 bits per heavy atom. The van der Waals surface area contributed by atoms with E-state index in [9.17, 15) is 14.0 Å². The molecule has 0 radical (unpaired) electrons. The van der Waals surface area contributed by atoms with Crippen LogP contribution in [0.25, 0.3) is 0 Å². The van der Waals surface area contributed by atoms with Gasteiger partial charge in [-0.1, -0.05) is 70.9 Å². The predicted molar refractivity (Wildman–Crippen MR) is 173 cm³/mol. The highest BCUT2D eigenvalue weighted by atomic mass is 19.1. The molecule has 0 aliphatic heterocycles. The van der Waals surface area contributed by atoms with E-state index in [4.69, 9.17) is 4.99 Å². The first-order valence-electron chi connectivity index (χ1n) is 15.4. The number of carbonyl (C=O) groups is 2. The van der Waals surface area contributed by atoms with Crippen LogP contribution in [0.1, 0.15) is 121 Å². The summed E-state index contributed by atoms with van der Waals surface area (Å²) in [6.07, 6.45) is 6.33. The van der Waals surface area contributed by atoms with Gasteiger partial charge in [0, 0.05) is 17.8 Å². The summed E-state index contributed by atoms with van der Waals surface area (Å²) >= 11 is 0. The van der Waals surface area contributed by atoms with Gasteiger partial charge in [-0.05, 0) is 99.6 Å². The number of carbonyl (C=O) groups excluding carboxylic acids is 2. The highest BCUT2D eigenvalue weighted by molar-refractivity contribution is 5.99. The molecule has 1 fully saturated rings. The van der Waals surface area contributed by atoms with E-state index in [1.165, 1.54) is 18.6 Å². The van der Waals surface area contributed by atoms with Crippen molar-refractivity contribution in [1.82, 2.24) is 10.2 Å². The molecule has 1 atom stereocenters. The Balaban J connectivity index is 0.00000197. The molecular formula is C36H52FN3O2. The Labute approximate surface area is 253 Å². The number of halogens is 1. The van der Waals surface area contributed by atoms with Crippen molar-refractivity contribution in [3.8, 4) is 0 Å². The number of hydrogen-bond acceptors (Lipinski definition) is 3. The molecule has 2 aromatic rings. The van der Waals surface area contributed by atoms with Gasteiger partial charge in [0.2, 0.25) is 6.41 Å². The number of benzene rings is 2. The van der Waals surface area contributed by atoms with Crippen molar-refractivity contribution in [2.45, 2.75) is 106 Å². The van der Waals surface area contributed by atoms with Crippen molar-refractivity contribution < 1.29 is 14.0 Å². The number of rotatable bonds is 10. The maximum Gasteiger partial charge on any atom is 0.251 e. The number of amides is 2. The van der Waals surface area contributed by atoms with Crippen LogP contribution < -0.4 is 5.32 Å². The van der Waals surface area contributed by atoms with Crippen molar-refractivity contribution >= 4 is 18.0 Å². The number of nitrogens with one attached hydrogen (secondary N) is 1. The molecule has 0 bridgehead atoms. The molecule has 0 spiro atoms. The number of nitrogens with zero attached hydrogens (tertiary/aromatic N) is 2. The maximum atomic E-state index is 13.6. The molecule has 2 amide bonds. The summed E-state index contributed by atoms with van der Waals surface area (Å²) in [7, 11) is 0. The fraction of sp³-hybridized carbons (Fsp3) is 0.528. The quantitative estimate of drug-likeness (QED) is 0.174. The van der Waals surface area contributed by atoms with Gasteiger partial charge in [-0.15, -0.1) is 6.58 Å². The Kier molecular flexibility index (Phi) is 13.1. The van der Waals surface area contributed by atoms with Gasteiger partial charge in [-0.25, -0.2) is 4.39 Å².